The van der Waals surface area contributed by atoms with Gasteiger partial charge in [0.2, 0.25) is 5.91 Å². The SMILES string of the molecule is CCC[C@H](N)C(=O)Nc1ccccc1Cc1ccccc1. The van der Waals surface area contributed by atoms with Crippen LogP contribution >= 0.6 is 0 Å². The second-order valence-electron chi connectivity index (χ2n) is 5.20. The highest BCUT2D eigenvalue weighted by Crippen LogP contribution is 2.19. The molecule has 0 aliphatic carbocycles. The molecular weight excluding hydrogens is 260 g/mol. The molecule has 2 rings (SSSR count). The summed E-state index contributed by atoms with van der Waals surface area (Å²) >= 11 is 0. The van der Waals surface area contributed by atoms with Gasteiger partial charge < -0.3 is 11.1 Å². The molecule has 3 N–H and O–H groups in total. The summed E-state index contributed by atoms with van der Waals surface area (Å²) in [5, 5.41) is 2.95. The van der Waals surface area contributed by atoms with Gasteiger partial charge >= 0.3 is 0 Å². The van der Waals surface area contributed by atoms with E-state index in [2.05, 4.69) is 17.4 Å². The van der Waals surface area contributed by atoms with Crippen molar-refractivity contribution in [1.29, 1.82) is 0 Å². The van der Waals surface area contributed by atoms with Crippen LogP contribution in [0.2, 0.25) is 0 Å². The molecule has 2 aromatic rings. The van der Waals surface area contributed by atoms with Gasteiger partial charge in [-0.3, -0.25) is 4.79 Å². The Kier molecular flexibility index (Phi) is 5.52. The third-order valence-electron chi connectivity index (χ3n) is 3.45. The monoisotopic (exact) mass is 282 g/mol. The number of nitrogens with two attached hydrogens (primary N) is 1. The van der Waals surface area contributed by atoms with Crippen LogP contribution < -0.4 is 11.1 Å². The Balaban J connectivity index is 2.12. The van der Waals surface area contributed by atoms with Gasteiger partial charge in [-0.1, -0.05) is 61.9 Å². The van der Waals surface area contributed by atoms with Crippen LogP contribution in [0.3, 0.4) is 0 Å². The first-order chi connectivity index (χ1) is 10.2. The number of rotatable bonds is 6. The van der Waals surface area contributed by atoms with Gasteiger partial charge in [-0.2, -0.15) is 0 Å². The van der Waals surface area contributed by atoms with Crippen LogP contribution in [0.25, 0.3) is 0 Å². The van der Waals surface area contributed by atoms with Gasteiger partial charge in [-0.05, 0) is 30.0 Å². The van der Waals surface area contributed by atoms with Gasteiger partial charge in [0.1, 0.15) is 0 Å². The molecular formula is C18H22N2O. The van der Waals surface area contributed by atoms with Crippen LogP contribution in [0.5, 0.6) is 0 Å². The second-order valence-corrected chi connectivity index (χ2v) is 5.20. The minimum Gasteiger partial charge on any atom is -0.324 e. The van der Waals surface area contributed by atoms with Crippen molar-refractivity contribution in [3.8, 4) is 0 Å². The van der Waals surface area contributed by atoms with E-state index in [1.165, 1.54) is 5.56 Å². The Labute approximate surface area is 126 Å². The molecule has 0 bridgehead atoms. The van der Waals surface area contributed by atoms with Gasteiger partial charge in [0.15, 0.2) is 0 Å². The fourth-order valence-corrected chi connectivity index (χ4v) is 2.28. The maximum Gasteiger partial charge on any atom is 0.241 e. The van der Waals surface area contributed by atoms with Crippen molar-refractivity contribution in [3.63, 3.8) is 0 Å². The summed E-state index contributed by atoms with van der Waals surface area (Å²) < 4.78 is 0. The number of carbonyl (C=O) groups is 1. The summed E-state index contributed by atoms with van der Waals surface area (Å²) in [5.74, 6) is -0.114. The molecule has 0 spiro atoms. The summed E-state index contributed by atoms with van der Waals surface area (Å²) in [4.78, 5) is 12.1. The summed E-state index contributed by atoms with van der Waals surface area (Å²) in [5.41, 5.74) is 9.03. The summed E-state index contributed by atoms with van der Waals surface area (Å²) in [6, 6.07) is 17.6. The van der Waals surface area contributed by atoms with Gasteiger partial charge in [-0.15, -0.1) is 0 Å². The maximum atomic E-state index is 12.1. The van der Waals surface area contributed by atoms with Crippen LogP contribution in [0.15, 0.2) is 54.6 Å². The molecule has 21 heavy (non-hydrogen) atoms. The topological polar surface area (TPSA) is 55.1 Å². The predicted octanol–water partition coefficient (Wildman–Crippen LogP) is 3.34. The van der Waals surface area contributed by atoms with Crippen LogP contribution in [0.4, 0.5) is 5.69 Å². The van der Waals surface area contributed by atoms with E-state index in [0.29, 0.717) is 6.42 Å². The summed E-state index contributed by atoms with van der Waals surface area (Å²) in [7, 11) is 0. The van der Waals surface area contributed by atoms with Gasteiger partial charge in [0.05, 0.1) is 6.04 Å². The molecule has 1 amide bonds. The predicted molar refractivity (Wildman–Crippen MR) is 87.2 cm³/mol. The van der Waals surface area contributed by atoms with Gasteiger partial charge in [-0.25, -0.2) is 0 Å². The number of carbonyl (C=O) groups excluding carboxylic acids is 1. The molecule has 0 radical (unpaired) electrons. The number of hydrogen-bond acceptors (Lipinski definition) is 2. The zero-order valence-corrected chi connectivity index (χ0v) is 12.4. The smallest absolute Gasteiger partial charge is 0.241 e. The lowest BCUT2D eigenvalue weighted by molar-refractivity contribution is -0.117. The first kappa shape index (κ1) is 15.3. The fraction of sp³-hybridized carbons (Fsp3) is 0.278. The summed E-state index contributed by atoms with van der Waals surface area (Å²) in [6.07, 6.45) is 2.40. The number of amides is 1. The van der Waals surface area contributed by atoms with Crippen LogP contribution in [0.1, 0.15) is 30.9 Å². The molecule has 0 saturated carbocycles. The first-order valence-corrected chi connectivity index (χ1v) is 7.39. The van der Waals surface area contributed by atoms with E-state index < -0.39 is 6.04 Å². The number of hydrogen-bond donors (Lipinski definition) is 2. The molecule has 0 fully saturated rings. The fourth-order valence-electron chi connectivity index (χ4n) is 2.28. The molecule has 0 saturated heterocycles. The second kappa shape index (κ2) is 7.60. The van der Waals surface area contributed by atoms with Crippen molar-refractivity contribution in [1.82, 2.24) is 0 Å². The quantitative estimate of drug-likeness (QED) is 0.853. The lowest BCUT2D eigenvalue weighted by Gasteiger charge is -2.14. The van der Waals surface area contributed by atoms with Crippen molar-refractivity contribution in [2.24, 2.45) is 5.73 Å². The summed E-state index contributed by atoms with van der Waals surface area (Å²) in [6.45, 7) is 2.02. The normalized spacial score (nSPS) is 11.9. The molecule has 0 aromatic heterocycles. The molecule has 3 heteroatoms. The Morgan fingerprint density at radius 3 is 2.48 bits per heavy atom. The van der Waals surface area contributed by atoms with E-state index in [1.807, 2.05) is 49.4 Å². The largest absolute Gasteiger partial charge is 0.324 e. The zero-order chi connectivity index (χ0) is 15.1. The Hall–Kier alpha value is -2.13. The van der Waals surface area contributed by atoms with Crippen LogP contribution in [-0.4, -0.2) is 11.9 Å². The molecule has 1 atom stereocenters. The Morgan fingerprint density at radius 1 is 1.10 bits per heavy atom. The van der Waals surface area contributed by atoms with E-state index in [1.54, 1.807) is 0 Å². The third-order valence-corrected chi connectivity index (χ3v) is 3.45. The van der Waals surface area contributed by atoms with Gasteiger partial charge in [0.25, 0.3) is 0 Å². The number of anilines is 1. The number of benzene rings is 2. The Bertz CT molecular complexity index is 581. The molecule has 0 heterocycles. The van der Waals surface area contributed by atoms with Crippen molar-refractivity contribution in [2.75, 3.05) is 5.32 Å². The van der Waals surface area contributed by atoms with Crippen molar-refractivity contribution in [3.05, 3.63) is 65.7 Å². The molecule has 0 aliphatic rings. The molecule has 3 nitrogen and oxygen atoms in total. The highest BCUT2D eigenvalue weighted by atomic mass is 16.2. The van der Waals surface area contributed by atoms with Crippen LogP contribution in [-0.2, 0) is 11.2 Å². The van der Waals surface area contributed by atoms with Crippen molar-refractivity contribution >= 4 is 11.6 Å². The Morgan fingerprint density at radius 2 is 1.76 bits per heavy atom. The highest BCUT2D eigenvalue weighted by Gasteiger charge is 2.13. The zero-order valence-electron chi connectivity index (χ0n) is 12.4. The molecule has 0 aliphatic heterocycles. The molecule has 0 unspecified atom stereocenters. The van der Waals surface area contributed by atoms with Crippen molar-refractivity contribution in [2.45, 2.75) is 32.2 Å². The lowest BCUT2D eigenvalue weighted by atomic mass is 10.0. The van der Waals surface area contributed by atoms with Crippen LogP contribution in [0, 0.1) is 0 Å². The lowest BCUT2D eigenvalue weighted by Crippen LogP contribution is -2.35. The van der Waals surface area contributed by atoms with Gasteiger partial charge in [0, 0.05) is 5.69 Å². The van der Waals surface area contributed by atoms with E-state index in [4.69, 9.17) is 5.73 Å². The first-order valence-electron chi connectivity index (χ1n) is 7.39. The average molecular weight is 282 g/mol. The van der Waals surface area contributed by atoms with E-state index >= 15 is 0 Å². The molecule has 110 valence electrons. The minimum atomic E-state index is -0.445. The maximum absolute atomic E-state index is 12.1. The van der Waals surface area contributed by atoms with E-state index in [-0.39, 0.29) is 5.91 Å². The average Bonchev–Trinajstić information content (AvgIpc) is 2.50. The third kappa shape index (κ3) is 4.43. The number of para-hydroxylation sites is 1. The van der Waals surface area contributed by atoms with Crippen molar-refractivity contribution < 1.29 is 4.79 Å². The minimum absolute atomic E-state index is 0.114. The molecule has 2 aromatic carbocycles. The standard InChI is InChI=1S/C18H22N2O/c1-2-8-16(19)18(21)20-17-12-7-6-11-15(17)13-14-9-4-3-5-10-14/h3-7,9-12,16H,2,8,13,19H2,1H3,(H,20,21)/t16-/m0/s1. The van der Waals surface area contributed by atoms with E-state index in [0.717, 1.165) is 24.1 Å². The van der Waals surface area contributed by atoms with E-state index in [9.17, 15) is 4.79 Å². The number of nitrogens with one attached hydrogen (secondary N) is 1. The highest BCUT2D eigenvalue weighted by molar-refractivity contribution is 5.95.